The zero-order valence-corrected chi connectivity index (χ0v) is 14.8. The predicted molar refractivity (Wildman–Crippen MR) is 89.3 cm³/mol. The molecule has 25 heavy (non-hydrogen) atoms. The second-order valence-corrected chi connectivity index (χ2v) is 6.70. The largest absolute Gasteiger partial charge is 0.497 e. The van der Waals surface area contributed by atoms with Crippen LogP contribution < -0.4 is 4.74 Å². The minimum absolute atomic E-state index is 0.0176. The number of ether oxygens (including phenoxy) is 1. The fraction of sp³-hybridized carbons (Fsp3) is 0.611. The zero-order chi connectivity index (χ0) is 18.6. The maximum absolute atomic E-state index is 12.5. The molecule has 1 amide bonds. The van der Waals surface area contributed by atoms with E-state index >= 15 is 0 Å². The van der Waals surface area contributed by atoms with Gasteiger partial charge in [0.2, 0.25) is 5.91 Å². The second kappa shape index (κ2) is 8.08. The molecule has 2 rings (SSSR count). The molecule has 0 spiro atoms. The number of hydrogen-bond donors (Lipinski definition) is 0. The number of benzene rings is 1. The van der Waals surface area contributed by atoms with Crippen LogP contribution >= 0.6 is 0 Å². The smallest absolute Gasteiger partial charge is 0.406 e. The first-order chi connectivity index (χ1) is 11.7. The van der Waals surface area contributed by atoms with E-state index in [2.05, 4.69) is 0 Å². The average Bonchev–Trinajstić information content (AvgIpc) is 3.37. The summed E-state index contributed by atoms with van der Waals surface area (Å²) in [4.78, 5) is 15.0. The molecule has 1 aliphatic rings. The highest BCUT2D eigenvalue weighted by atomic mass is 19.4. The highest BCUT2D eigenvalue weighted by Crippen LogP contribution is 2.35. The van der Waals surface area contributed by atoms with Gasteiger partial charge in [-0.2, -0.15) is 13.2 Å². The lowest BCUT2D eigenvalue weighted by atomic mass is 10.1. The Balaban J connectivity index is 2.03. The molecule has 4 nitrogen and oxygen atoms in total. The predicted octanol–water partition coefficient (Wildman–Crippen LogP) is 3.32. The molecule has 1 aromatic rings. The van der Waals surface area contributed by atoms with E-state index in [0.29, 0.717) is 12.5 Å². The molecule has 1 fully saturated rings. The van der Waals surface area contributed by atoms with Crippen LogP contribution in [0.2, 0.25) is 0 Å². The van der Waals surface area contributed by atoms with E-state index in [0.717, 1.165) is 29.1 Å². The number of hydrogen-bond acceptors (Lipinski definition) is 3. The second-order valence-electron chi connectivity index (χ2n) is 6.70. The Kier molecular flexibility index (Phi) is 6.32. The monoisotopic (exact) mass is 358 g/mol. The summed E-state index contributed by atoms with van der Waals surface area (Å²) in [6.45, 7) is 1.32. The van der Waals surface area contributed by atoms with Crippen molar-refractivity contribution in [1.29, 1.82) is 0 Å². The van der Waals surface area contributed by atoms with Crippen LogP contribution in [-0.4, -0.2) is 55.2 Å². The summed E-state index contributed by atoms with van der Waals surface area (Å²) in [5.41, 5.74) is 1.000. The van der Waals surface area contributed by atoms with Crippen LogP contribution in [0.1, 0.15) is 25.3 Å². The molecule has 1 aromatic carbocycles. The number of alkyl halides is 3. The lowest BCUT2D eigenvalue weighted by Crippen LogP contribution is -2.45. The van der Waals surface area contributed by atoms with Gasteiger partial charge in [0.15, 0.2) is 0 Å². The molecule has 0 saturated heterocycles. The molecule has 0 heterocycles. The van der Waals surface area contributed by atoms with Crippen molar-refractivity contribution in [2.24, 2.45) is 5.92 Å². The molecule has 0 aliphatic heterocycles. The van der Waals surface area contributed by atoms with Crippen molar-refractivity contribution in [2.75, 3.05) is 27.2 Å². The summed E-state index contributed by atoms with van der Waals surface area (Å²) in [5, 5.41) is 0. The van der Waals surface area contributed by atoms with Gasteiger partial charge in [-0.15, -0.1) is 0 Å². The van der Waals surface area contributed by atoms with Gasteiger partial charge in [0.25, 0.3) is 0 Å². The summed E-state index contributed by atoms with van der Waals surface area (Å²) < 4.78 is 42.6. The van der Waals surface area contributed by atoms with Gasteiger partial charge < -0.3 is 9.64 Å². The van der Waals surface area contributed by atoms with Crippen LogP contribution in [0, 0.1) is 5.92 Å². The van der Waals surface area contributed by atoms with E-state index in [1.54, 1.807) is 7.11 Å². The molecule has 1 saturated carbocycles. The number of carbonyl (C=O) groups excluding carboxylic acids is 1. The minimum Gasteiger partial charge on any atom is -0.497 e. The highest BCUT2D eigenvalue weighted by molar-refractivity contribution is 5.78. The van der Waals surface area contributed by atoms with Crippen LogP contribution in [0.15, 0.2) is 24.3 Å². The molecule has 140 valence electrons. The molecule has 0 aromatic heterocycles. The molecule has 0 N–H and O–H groups in total. The van der Waals surface area contributed by atoms with Crippen LogP contribution in [0.5, 0.6) is 5.75 Å². The van der Waals surface area contributed by atoms with Gasteiger partial charge in [-0.05, 0) is 43.4 Å². The van der Waals surface area contributed by atoms with Gasteiger partial charge >= 0.3 is 6.18 Å². The number of nitrogens with zero attached hydrogens (tertiary/aromatic N) is 2. The SMILES string of the molecule is COc1ccc(CN(CC(=O)N(C)CC(F)(F)F)C(C)C2CC2)cc1. The summed E-state index contributed by atoms with van der Waals surface area (Å²) in [5.74, 6) is 0.740. The third-order valence-corrected chi connectivity index (χ3v) is 4.61. The van der Waals surface area contributed by atoms with Gasteiger partial charge in [-0.1, -0.05) is 12.1 Å². The molecule has 1 unspecified atom stereocenters. The molecule has 1 aliphatic carbocycles. The first-order valence-electron chi connectivity index (χ1n) is 8.37. The van der Waals surface area contributed by atoms with Crippen molar-refractivity contribution in [1.82, 2.24) is 9.80 Å². The topological polar surface area (TPSA) is 32.8 Å². The third kappa shape index (κ3) is 6.23. The quantitative estimate of drug-likeness (QED) is 0.715. The molecular formula is C18H25F3N2O2. The Morgan fingerprint density at radius 2 is 1.88 bits per heavy atom. The Bertz CT molecular complexity index is 571. The van der Waals surface area contributed by atoms with Gasteiger partial charge in [-0.25, -0.2) is 0 Å². The maximum atomic E-state index is 12.5. The third-order valence-electron chi connectivity index (χ3n) is 4.61. The molecule has 7 heteroatoms. The van der Waals surface area contributed by atoms with E-state index in [-0.39, 0.29) is 12.6 Å². The first-order valence-corrected chi connectivity index (χ1v) is 8.37. The number of halogens is 3. The average molecular weight is 358 g/mol. The fourth-order valence-corrected chi connectivity index (χ4v) is 2.84. The molecule has 0 radical (unpaired) electrons. The number of rotatable bonds is 8. The highest BCUT2D eigenvalue weighted by Gasteiger charge is 2.35. The normalized spacial score (nSPS) is 16.0. The van der Waals surface area contributed by atoms with Gasteiger partial charge in [-0.3, -0.25) is 9.69 Å². The maximum Gasteiger partial charge on any atom is 0.406 e. The Labute approximate surface area is 146 Å². The van der Waals surface area contributed by atoms with Crippen molar-refractivity contribution in [2.45, 2.75) is 38.5 Å². The van der Waals surface area contributed by atoms with Crippen LogP contribution in [-0.2, 0) is 11.3 Å². The van der Waals surface area contributed by atoms with E-state index in [4.69, 9.17) is 4.74 Å². The summed E-state index contributed by atoms with van der Waals surface area (Å²) in [7, 11) is 2.79. The summed E-state index contributed by atoms with van der Waals surface area (Å²) >= 11 is 0. The van der Waals surface area contributed by atoms with Crippen LogP contribution in [0.3, 0.4) is 0 Å². The number of methoxy groups -OCH3 is 1. The van der Waals surface area contributed by atoms with Crippen LogP contribution in [0.4, 0.5) is 13.2 Å². The van der Waals surface area contributed by atoms with E-state index < -0.39 is 18.6 Å². The van der Waals surface area contributed by atoms with Gasteiger partial charge in [0, 0.05) is 19.6 Å². The number of likely N-dealkylation sites (N-methyl/N-ethyl adjacent to an activating group) is 1. The lowest BCUT2D eigenvalue weighted by Gasteiger charge is -2.30. The number of amides is 1. The van der Waals surface area contributed by atoms with Crippen molar-refractivity contribution < 1.29 is 22.7 Å². The first kappa shape index (κ1) is 19.6. The Morgan fingerprint density at radius 3 is 2.36 bits per heavy atom. The molecular weight excluding hydrogens is 333 g/mol. The Hall–Kier alpha value is -1.76. The zero-order valence-electron chi connectivity index (χ0n) is 14.8. The number of carbonyl (C=O) groups is 1. The Morgan fingerprint density at radius 1 is 1.28 bits per heavy atom. The van der Waals surface area contributed by atoms with E-state index in [1.165, 1.54) is 7.05 Å². The molecule has 0 bridgehead atoms. The summed E-state index contributed by atoms with van der Waals surface area (Å²) in [6, 6.07) is 7.66. The van der Waals surface area contributed by atoms with Crippen molar-refractivity contribution in [3.63, 3.8) is 0 Å². The summed E-state index contributed by atoms with van der Waals surface area (Å²) in [6.07, 6.45) is -2.17. The van der Waals surface area contributed by atoms with Gasteiger partial charge in [0.05, 0.1) is 13.7 Å². The van der Waals surface area contributed by atoms with Gasteiger partial charge in [0.1, 0.15) is 12.3 Å². The van der Waals surface area contributed by atoms with E-state index in [9.17, 15) is 18.0 Å². The minimum atomic E-state index is -4.38. The van der Waals surface area contributed by atoms with Crippen molar-refractivity contribution in [3.8, 4) is 5.75 Å². The van der Waals surface area contributed by atoms with Crippen molar-refractivity contribution in [3.05, 3.63) is 29.8 Å². The van der Waals surface area contributed by atoms with Crippen LogP contribution in [0.25, 0.3) is 0 Å². The standard InChI is InChI=1S/C18H25F3N2O2/c1-13(15-6-7-15)23(10-14-4-8-16(25-3)9-5-14)11-17(24)22(2)12-18(19,20)21/h4-5,8-9,13,15H,6-7,10-12H2,1-3H3. The fourth-order valence-electron chi connectivity index (χ4n) is 2.84. The van der Waals surface area contributed by atoms with Crippen molar-refractivity contribution >= 4 is 5.91 Å². The molecule has 1 atom stereocenters. The van der Waals surface area contributed by atoms with E-state index in [1.807, 2.05) is 36.1 Å². The lowest BCUT2D eigenvalue weighted by molar-refractivity contribution is -0.159.